The van der Waals surface area contributed by atoms with Crippen molar-refractivity contribution in [1.82, 2.24) is 10.6 Å². The van der Waals surface area contributed by atoms with Crippen LogP contribution in [0.3, 0.4) is 0 Å². The first-order valence-corrected chi connectivity index (χ1v) is 7.84. The summed E-state index contributed by atoms with van der Waals surface area (Å²) in [5.74, 6) is -0.0719. The maximum Gasteiger partial charge on any atom is 0.240 e. The number of hydrogen-bond donors (Lipinski definition) is 3. The molecule has 2 atom stereocenters. The van der Waals surface area contributed by atoms with E-state index in [9.17, 15) is 9.59 Å². The fraction of sp³-hybridized carbons (Fsp3) is 0.529. The van der Waals surface area contributed by atoms with Crippen LogP contribution in [-0.2, 0) is 9.59 Å². The van der Waals surface area contributed by atoms with Crippen molar-refractivity contribution in [3.63, 3.8) is 0 Å². The molecule has 0 bridgehead atoms. The van der Waals surface area contributed by atoms with Crippen LogP contribution >= 0.6 is 12.4 Å². The first kappa shape index (κ1) is 19.5. The molecule has 1 heterocycles. The molecule has 23 heavy (non-hydrogen) atoms. The Morgan fingerprint density at radius 2 is 2.04 bits per heavy atom. The standard InChI is InChI=1S/C17H25N3O2.ClH/c1-12(14-7-6-8-15(11-14)20-13(2)21)19-16(22)17(3)9-4-5-10-18-17;/h6-8,11-12,18H,4-5,9-10H2,1-3H3,(H,19,22)(H,20,21);1H. The Balaban J connectivity index is 0.00000264. The molecule has 1 fully saturated rings. The summed E-state index contributed by atoms with van der Waals surface area (Å²) in [6, 6.07) is 7.45. The molecule has 2 amide bonds. The molecule has 128 valence electrons. The molecule has 1 aliphatic heterocycles. The second kappa shape index (κ2) is 8.31. The van der Waals surface area contributed by atoms with Gasteiger partial charge in [0, 0.05) is 12.6 Å². The molecule has 1 saturated heterocycles. The number of nitrogens with one attached hydrogen (secondary N) is 3. The van der Waals surface area contributed by atoms with Gasteiger partial charge in [-0.1, -0.05) is 12.1 Å². The minimum atomic E-state index is -0.484. The molecule has 0 spiro atoms. The smallest absolute Gasteiger partial charge is 0.240 e. The van der Waals surface area contributed by atoms with Gasteiger partial charge in [-0.05, 0) is 57.4 Å². The van der Waals surface area contributed by atoms with Gasteiger partial charge in [0.25, 0.3) is 0 Å². The zero-order chi connectivity index (χ0) is 16.2. The Morgan fingerprint density at radius 1 is 1.30 bits per heavy atom. The van der Waals surface area contributed by atoms with Crippen LogP contribution in [0.2, 0.25) is 0 Å². The predicted octanol–water partition coefficient (Wildman–Crippen LogP) is 2.78. The highest BCUT2D eigenvalue weighted by molar-refractivity contribution is 5.89. The van der Waals surface area contributed by atoms with Crippen molar-refractivity contribution < 1.29 is 9.59 Å². The van der Waals surface area contributed by atoms with Crippen LogP contribution in [0.15, 0.2) is 24.3 Å². The summed E-state index contributed by atoms with van der Waals surface area (Å²) in [5, 5.41) is 9.15. The fourth-order valence-corrected chi connectivity index (χ4v) is 2.78. The van der Waals surface area contributed by atoms with E-state index in [0.717, 1.165) is 37.1 Å². The Bertz CT molecular complexity index is 557. The molecule has 2 unspecified atom stereocenters. The molecular formula is C17H26ClN3O2. The molecule has 1 aromatic rings. The van der Waals surface area contributed by atoms with Gasteiger partial charge in [0.2, 0.25) is 11.8 Å². The van der Waals surface area contributed by atoms with Crippen molar-refractivity contribution in [1.29, 1.82) is 0 Å². The molecule has 1 aliphatic rings. The number of hydrogen-bond acceptors (Lipinski definition) is 3. The Morgan fingerprint density at radius 3 is 2.65 bits per heavy atom. The van der Waals surface area contributed by atoms with E-state index in [-0.39, 0.29) is 30.3 Å². The van der Waals surface area contributed by atoms with Crippen LogP contribution in [0, 0.1) is 0 Å². The highest BCUT2D eigenvalue weighted by atomic mass is 35.5. The number of rotatable bonds is 4. The van der Waals surface area contributed by atoms with E-state index in [4.69, 9.17) is 0 Å². The predicted molar refractivity (Wildman–Crippen MR) is 94.8 cm³/mol. The van der Waals surface area contributed by atoms with Gasteiger partial charge in [0.1, 0.15) is 0 Å². The molecule has 3 N–H and O–H groups in total. The molecule has 1 aromatic carbocycles. The monoisotopic (exact) mass is 339 g/mol. The molecule has 6 heteroatoms. The summed E-state index contributed by atoms with van der Waals surface area (Å²) in [6.07, 6.45) is 3.05. The van der Waals surface area contributed by atoms with E-state index in [1.807, 2.05) is 38.1 Å². The number of carbonyl (C=O) groups is 2. The highest BCUT2D eigenvalue weighted by Crippen LogP contribution is 2.22. The molecule has 0 aliphatic carbocycles. The third-order valence-corrected chi connectivity index (χ3v) is 4.17. The minimum absolute atomic E-state index is 0. The van der Waals surface area contributed by atoms with Crippen molar-refractivity contribution in [2.24, 2.45) is 0 Å². The van der Waals surface area contributed by atoms with Crippen molar-refractivity contribution in [3.05, 3.63) is 29.8 Å². The number of anilines is 1. The lowest BCUT2D eigenvalue weighted by Crippen LogP contribution is -2.57. The fourth-order valence-electron chi connectivity index (χ4n) is 2.78. The Kier molecular flexibility index (Phi) is 7.03. The summed E-state index contributed by atoms with van der Waals surface area (Å²) < 4.78 is 0. The lowest BCUT2D eigenvalue weighted by atomic mass is 9.89. The van der Waals surface area contributed by atoms with E-state index >= 15 is 0 Å². The summed E-state index contributed by atoms with van der Waals surface area (Å²) in [7, 11) is 0. The third kappa shape index (κ3) is 5.22. The van der Waals surface area contributed by atoms with Crippen molar-refractivity contribution in [2.75, 3.05) is 11.9 Å². The third-order valence-electron chi connectivity index (χ3n) is 4.17. The first-order valence-electron chi connectivity index (χ1n) is 7.84. The van der Waals surface area contributed by atoms with Gasteiger partial charge >= 0.3 is 0 Å². The van der Waals surface area contributed by atoms with Crippen molar-refractivity contribution >= 4 is 29.9 Å². The Labute approximate surface area is 144 Å². The van der Waals surface area contributed by atoms with Gasteiger partial charge in [-0.25, -0.2) is 0 Å². The molecule has 0 aromatic heterocycles. The first-order chi connectivity index (χ1) is 10.4. The van der Waals surface area contributed by atoms with E-state index in [1.165, 1.54) is 6.92 Å². The van der Waals surface area contributed by atoms with Gasteiger partial charge < -0.3 is 16.0 Å². The van der Waals surface area contributed by atoms with Gasteiger partial charge in [-0.3, -0.25) is 9.59 Å². The number of carbonyl (C=O) groups excluding carboxylic acids is 2. The highest BCUT2D eigenvalue weighted by Gasteiger charge is 2.34. The SMILES string of the molecule is CC(=O)Nc1cccc(C(C)NC(=O)C2(C)CCCCN2)c1.Cl. The summed E-state index contributed by atoms with van der Waals surface area (Å²) in [6.45, 7) is 6.28. The van der Waals surface area contributed by atoms with Crippen LogP contribution in [-0.4, -0.2) is 23.9 Å². The second-order valence-electron chi connectivity index (χ2n) is 6.22. The number of amides is 2. The van der Waals surface area contributed by atoms with Crippen LogP contribution in [0.25, 0.3) is 0 Å². The zero-order valence-electron chi connectivity index (χ0n) is 13.9. The maximum atomic E-state index is 12.5. The van der Waals surface area contributed by atoms with Gasteiger partial charge in [0.05, 0.1) is 11.6 Å². The zero-order valence-corrected chi connectivity index (χ0v) is 14.8. The van der Waals surface area contributed by atoms with Gasteiger partial charge in [0.15, 0.2) is 0 Å². The van der Waals surface area contributed by atoms with E-state index in [1.54, 1.807) is 0 Å². The normalized spacial score (nSPS) is 21.7. The average Bonchev–Trinajstić information content (AvgIpc) is 2.47. The van der Waals surface area contributed by atoms with E-state index in [2.05, 4.69) is 16.0 Å². The van der Waals surface area contributed by atoms with Crippen LogP contribution in [0.1, 0.15) is 51.6 Å². The molecule has 2 rings (SSSR count). The lowest BCUT2D eigenvalue weighted by molar-refractivity contribution is -0.128. The average molecular weight is 340 g/mol. The van der Waals surface area contributed by atoms with Gasteiger partial charge in [-0.15, -0.1) is 12.4 Å². The summed E-state index contributed by atoms with van der Waals surface area (Å²) in [4.78, 5) is 23.7. The second-order valence-corrected chi connectivity index (χ2v) is 6.22. The molecular weight excluding hydrogens is 314 g/mol. The van der Waals surface area contributed by atoms with Crippen molar-refractivity contribution in [2.45, 2.75) is 51.6 Å². The largest absolute Gasteiger partial charge is 0.348 e. The van der Waals surface area contributed by atoms with E-state index in [0.29, 0.717) is 0 Å². The quantitative estimate of drug-likeness (QED) is 0.790. The molecule has 0 saturated carbocycles. The molecule has 5 nitrogen and oxygen atoms in total. The number of benzene rings is 1. The topological polar surface area (TPSA) is 70.2 Å². The molecule has 0 radical (unpaired) electrons. The Hall–Kier alpha value is -1.59. The van der Waals surface area contributed by atoms with Gasteiger partial charge in [-0.2, -0.15) is 0 Å². The van der Waals surface area contributed by atoms with E-state index < -0.39 is 5.54 Å². The van der Waals surface area contributed by atoms with Crippen LogP contribution < -0.4 is 16.0 Å². The summed E-state index contributed by atoms with van der Waals surface area (Å²) >= 11 is 0. The minimum Gasteiger partial charge on any atom is -0.348 e. The summed E-state index contributed by atoms with van der Waals surface area (Å²) in [5.41, 5.74) is 1.23. The lowest BCUT2D eigenvalue weighted by Gasteiger charge is -2.34. The number of halogens is 1. The number of piperidine rings is 1. The van der Waals surface area contributed by atoms with Crippen molar-refractivity contribution in [3.8, 4) is 0 Å². The van der Waals surface area contributed by atoms with Crippen LogP contribution in [0.4, 0.5) is 5.69 Å². The van der Waals surface area contributed by atoms with Crippen LogP contribution in [0.5, 0.6) is 0 Å². The maximum absolute atomic E-state index is 12.5.